The largest absolute Gasteiger partial charge is 0.325 e. The maximum Gasteiger partial charge on any atom is 0.242 e. The molecule has 98 valence electrons. The second-order valence-electron chi connectivity index (χ2n) is 4.80. The Morgan fingerprint density at radius 2 is 1.94 bits per heavy atom. The van der Waals surface area contributed by atoms with E-state index in [4.69, 9.17) is 0 Å². The van der Waals surface area contributed by atoms with E-state index in [2.05, 4.69) is 5.32 Å². The maximum atomic E-state index is 11.8. The lowest BCUT2D eigenvalue weighted by molar-refractivity contribution is -0.115. The van der Waals surface area contributed by atoms with Crippen LogP contribution >= 0.6 is 0 Å². The third-order valence-electron chi connectivity index (χ3n) is 3.38. The van der Waals surface area contributed by atoms with Crippen LogP contribution in [-0.4, -0.2) is 25.8 Å². The molecule has 0 aromatic heterocycles. The Morgan fingerprint density at radius 3 is 2.61 bits per heavy atom. The van der Waals surface area contributed by atoms with Gasteiger partial charge < -0.3 is 5.32 Å². The molecule has 0 fully saturated rings. The fraction of sp³-hybridized carbons (Fsp3) is 0.462. The Morgan fingerprint density at radius 1 is 1.28 bits per heavy atom. The van der Waals surface area contributed by atoms with E-state index in [0.717, 1.165) is 25.5 Å². The van der Waals surface area contributed by atoms with Gasteiger partial charge in [0.1, 0.15) is 5.25 Å². The molecule has 0 saturated carbocycles. The molecule has 1 unspecified atom stereocenters. The highest BCUT2D eigenvalue weighted by Gasteiger charge is 2.23. The Kier molecular flexibility index (Phi) is 3.43. The average Bonchev–Trinajstić information content (AvgIpc) is 2.73. The first-order valence-electron chi connectivity index (χ1n) is 5.99. The molecule has 1 aliphatic rings. The highest BCUT2D eigenvalue weighted by molar-refractivity contribution is 7.92. The summed E-state index contributed by atoms with van der Waals surface area (Å²) in [5.74, 6) is -0.476. The van der Waals surface area contributed by atoms with Gasteiger partial charge in [-0.2, -0.15) is 0 Å². The molecule has 1 N–H and O–H groups in total. The SMILES string of the molecule is CC(C(=O)Nc1ccc2c(c1)CCC2)S(C)(=O)=O. The number of anilines is 1. The van der Waals surface area contributed by atoms with E-state index in [1.165, 1.54) is 18.1 Å². The Balaban J connectivity index is 2.13. The Bertz CT molecular complexity index is 578. The van der Waals surface area contributed by atoms with Crippen LogP contribution in [-0.2, 0) is 27.5 Å². The molecule has 0 bridgehead atoms. The minimum Gasteiger partial charge on any atom is -0.325 e. The second kappa shape index (κ2) is 4.72. The van der Waals surface area contributed by atoms with Crippen molar-refractivity contribution in [1.82, 2.24) is 0 Å². The van der Waals surface area contributed by atoms with E-state index in [-0.39, 0.29) is 0 Å². The third-order valence-corrected chi connectivity index (χ3v) is 4.88. The van der Waals surface area contributed by atoms with Crippen molar-refractivity contribution in [1.29, 1.82) is 0 Å². The quantitative estimate of drug-likeness (QED) is 0.903. The number of aryl methyl sites for hydroxylation is 2. The summed E-state index contributed by atoms with van der Waals surface area (Å²) in [5, 5.41) is 1.64. The number of carbonyl (C=O) groups is 1. The van der Waals surface area contributed by atoms with Crippen LogP contribution < -0.4 is 5.32 Å². The van der Waals surface area contributed by atoms with Gasteiger partial charge in [-0.05, 0) is 49.4 Å². The van der Waals surface area contributed by atoms with Crippen LogP contribution in [0.25, 0.3) is 0 Å². The van der Waals surface area contributed by atoms with Crippen molar-refractivity contribution in [2.24, 2.45) is 0 Å². The van der Waals surface area contributed by atoms with Crippen molar-refractivity contribution in [2.45, 2.75) is 31.4 Å². The number of benzene rings is 1. The first-order valence-corrected chi connectivity index (χ1v) is 7.95. The Hall–Kier alpha value is -1.36. The minimum atomic E-state index is -3.35. The second-order valence-corrected chi connectivity index (χ2v) is 7.16. The van der Waals surface area contributed by atoms with E-state index in [1.807, 2.05) is 18.2 Å². The van der Waals surface area contributed by atoms with Gasteiger partial charge in [-0.3, -0.25) is 4.79 Å². The molecule has 0 spiro atoms. The summed E-state index contributed by atoms with van der Waals surface area (Å²) in [7, 11) is -3.35. The van der Waals surface area contributed by atoms with Crippen LogP contribution in [0.1, 0.15) is 24.5 Å². The zero-order valence-corrected chi connectivity index (χ0v) is 11.4. The lowest BCUT2D eigenvalue weighted by Crippen LogP contribution is -2.31. The fourth-order valence-corrected chi connectivity index (χ4v) is 2.54. The zero-order chi connectivity index (χ0) is 13.3. The molecule has 0 radical (unpaired) electrons. The standard InChI is InChI=1S/C13H17NO3S/c1-9(18(2,16)17)13(15)14-12-7-6-10-4-3-5-11(10)8-12/h6-9H,3-5H2,1-2H3,(H,14,15). The van der Waals surface area contributed by atoms with Crippen molar-refractivity contribution >= 4 is 21.4 Å². The van der Waals surface area contributed by atoms with E-state index >= 15 is 0 Å². The lowest BCUT2D eigenvalue weighted by Gasteiger charge is -2.11. The summed E-state index contributed by atoms with van der Waals surface area (Å²) in [6, 6.07) is 5.77. The molecule has 18 heavy (non-hydrogen) atoms. The summed E-state index contributed by atoms with van der Waals surface area (Å²) in [6.07, 6.45) is 4.33. The number of hydrogen-bond donors (Lipinski definition) is 1. The van der Waals surface area contributed by atoms with E-state index in [1.54, 1.807) is 0 Å². The lowest BCUT2D eigenvalue weighted by atomic mass is 10.1. The normalized spacial score (nSPS) is 16.1. The summed E-state index contributed by atoms with van der Waals surface area (Å²) < 4.78 is 22.6. The smallest absolute Gasteiger partial charge is 0.242 e. The van der Waals surface area contributed by atoms with Crippen molar-refractivity contribution < 1.29 is 13.2 Å². The van der Waals surface area contributed by atoms with Crippen LogP contribution in [0.3, 0.4) is 0 Å². The van der Waals surface area contributed by atoms with Gasteiger partial charge in [0, 0.05) is 11.9 Å². The Labute approximate surface area is 107 Å². The number of rotatable bonds is 3. The van der Waals surface area contributed by atoms with Gasteiger partial charge in [-0.25, -0.2) is 8.42 Å². The maximum absolute atomic E-state index is 11.8. The van der Waals surface area contributed by atoms with Crippen LogP contribution in [0.2, 0.25) is 0 Å². The molecule has 5 heteroatoms. The molecule has 0 aliphatic heterocycles. The molecular formula is C13H17NO3S. The number of sulfone groups is 1. The van der Waals surface area contributed by atoms with Gasteiger partial charge in [0.2, 0.25) is 5.91 Å². The fourth-order valence-electron chi connectivity index (χ4n) is 2.09. The molecule has 1 amide bonds. The molecule has 1 aliphatic carbocycles. The van der Waals surface area contributed by atoms with Crippen LogP contribution in [0.5, 0.6) is 0 Å². The minimum absolute atomic E-state index is 0.476. The highest BCUT2D eigenvalue weighted by atomic mass is 32.2. The third kappa shape index (κ3) is 2.72. The van der Waals surface area contributed by atoms with E-state index < -0.39 is 21.0 Å². The summed E-state index contributed by atoms with van der Waals surface area (Å²) >= 11 is 0. The van der Waals surface area contributed by atoms with E-state index in [9.17, 15) is 13.2 Å². The predicted octanol–water partition coefficient (Wildman–Crippen LogP) is 1.55. The first-order chi connectivity index (χ1) is 8.38. The summed E-state index contributed by atoms with van der Waals surface area (Å²) in [4.78, 5) is 11.8. The van der Waals surface area contributed by atoms with Crippen molar-refractivity contribution in [3.8, 4) is 0 Å². The molecule has 1 atom stereocenters. The molecule has 0 heterocycles. The number of carbonyl (C=O) groups excluding carboxylic acids is 1. The van der Waals surface area contributed by atoms with Crippen LogP contribution in [0.15, 0.2) is 18.2 Å². The van der Waals surface area contributed by atoms with Crippen LogP contribution in [0, 0.1) is 0 Å². The highest BCUT2D eigenvalue weighted by Crippen LogP contribution is 2.25. The number of fused-ring (bicyclic) bond motifs is 1. The summed E-state index contributed by atoms with van der Waals surface area (Å²) in [6.45, 7) is 1.40. The van der Waals surface area contributed by atoms with Gasteiger partial charge in [0.15, 0.2) is 9.84 Å². The van der Waals surface area contributed by atoms with Gasteiger partial charge in [0.05, 0.1) is 0 Å². The van der Waals surface area contributed by atoms with Crippen molar-refractivity contribution in [2.75, 3.05) is 11.6 Å². The molecule has 2 rings (SSSR count). The molecular weight excluding hydrogens is 250 g/mol. The van der Waals surface area contributed by atoms with Crippen LogP contribution in [0.4, 0.5) is 5.69 Å². The topological polar surface area (TPSA) is 63.2 Å². The summed E-state index contributed by atoms with van der Waals surface area (Å²) in [5.41, 5.74) is 3.25. The molecule has 1 aromatic rings. The number of hydrogen-bond acceptors (Lipinski definition) is 3. The molecule has 4 nitrogen and oxygen atoms in total. The average molecular weight is 267 g/mol. The first kappa shape index (κ1) is 13.1. The molecule has 1 aromatic carbocycles. The monoisotopic (exact) mass is 267 g/mol. The van der Waals surface area contributed by atoms with Gasteiger partial charge in [-0.1, -0.05) is 6.07 Å². The molecule has 0 saturated heterocycles. The number of nitrogens with one attached hydrogen (secondary N) is 1. The van der Waals surface area contributed by atoms with Crippen molar-refractivity contribution in [3.63, 3.8) is 0 Å². The number of amides is 1. The predicted molar refractivity (Wildman–Crippen MR) is 71.4 cm³/mol. The van der Waals surface area contributed by atoms with E-state index in [0.29, 0.717) is 5.69 Å². The van der Waals surface area contributed by atoms with Gasteiger partial charge >= 0.3 is 0 Å². The van der Waals surface area contributed by atoms with Gasteiger partial charge in [0.25, 0.3) is 0 Å². The zero-order valence-electron chi connectivity index (χ0n) is 10.6. The van der Waals surface area contributed by atoms with Gasteiger partial charge in [-0.15, -0.1) is 0 Å². The van der Waals surface area contributed by atoms with Crippen molar-refractivity contribution in [3.05, 3.63) is 29.3 Å².